The van der Waals surface area contributed by atoms with Crippen molar-refractivity contribution in [1.29, 1.82) is 0 Å². The molecule has 0 fully saturated rings. The second kappa shape index (κ2) is 5.61. The molecule has 4 nitrogen and oxygen atoms in total. The second-order valence-electron chi connectivity index (χ2n) is 3.86. The first-order valence-electron chi connectivity index (χ1n) is 5.51. The third kappa shape index (κ3) is 2.89. The molecular weight excluding hydrogens is 286 g/mol. The Morgan fingerprint density at radius 3 is 2.11 bits per heavy atom. The molecule has 2 aromatic carbocycles. The third-order valence-corrected chi connectivity index (χ3v) is 4.82. The number of halogens is 1. The van der Waals surface area contributed by atoms with E-state index in [9.17, 15) is 8.42 Å². The van der Waals surface area contributed by atoms with Gasteiger partial charge < -0.3 is 5.11 Å². The highest BCUT2D eigenvalue weighted by molar-refractivity contribution is 7.94. The van der Waals surface area contributed by atoms with Crippen LogP contribution in [0.1, 0.15) is 5.56 Å². The first-order valence-corrected chi connectivity index (χ1v) is 7.29. The number of rotatable bonds is 4. The van der Waals surface area contributed by atoms with Gasteiger partial charge in [-0.2, -0.15) is 12.2 Å². The predicted molar refractivity (Wildman–Crippen MR) is 74.3 cm³/mol. The van der Waals surface area contributed by atoms with Crippen LogP contribution in [0, 0.1) is 0 Å². The van der Waals surface area contributed by atoms with Crippen LogP contribution in [0.5, 0.6) is 0 Å². The number of sulfonamides is 1. The van der Waals surface area contributed by atoms with Crippen LogP contribution < -0.4 is 3.82 Å². The number of hydrogen-bond acceptors (Lipinski definition) is 3. The largest absolute Gasteiger partial charge is 0.392 e. The topological polar surface area (TPSA) is 57.6 Å². The van der Waals surface area contributed by atoms with Crippen molar-refractivity contribution < 1.29 is 13.5 Å². The molecule has 0 spiro atoms. The monoisotopic (exact) mass is 297 g/mol. The Labute approximate surface area is 117 Å². The van der Waals surface area contributed by atoms with Crippen molar-refractivity contribution >= 4 is 27.5 Å². The van der Waals surface area contributed by atoms with E-state index in [1.54, 1.807) is 42.5 Å². The van der Waals surface area contributed by atoms with E-state index in [1.807, 2.05) is 0 Å². The van der Waals surface area contributed by atoms with Crippen molar-refractivity contribution in [3.8, 4) is 0 Å². The Morgan fingerprint density at radius 1 is 1.00 bits per heavy atom. The van der Waals surface area contributed by atoms with E-state index in [4.69, 9.17) is 16.9 Å². The molecule has 0 heterocycles. The van der Waals surface area contributed by atoms with E-state index in [1.165, 1.54) is 12.1 Å². The quantitative estimate of drug-likeness (QED) is 0.882. The first-order chi connectivity index (χ1) is 9.05. The second-order valence-corrected chi connectivity index (χ2v) is 6.18. The molecule has 100 valence electrons. The van der Waals surface area contributed by atoms with Crippen molar-refractivity contribution in [2.45, 2.75) is 11.5 Å². The van der Waals surface area contributed by atoms with Crippen LogP contribution in [-0.4, -0.2) is 13.5 Å². The van der Waals surface area contributed by atoms with Crippen molar-refractivity contribution in [2.75, 3.05) is 3.82 Å². The molecule has 0 aliphatic heterocycles. The van der Waals surface area contributed by atoms with Crippen molar-refractivity contribution in [3.63, 3.8) is 0 Å². The molecule has 19 heavy (non-hydrogen) atoms. The highest BCUT2D eigenvalue weighted by atomic mass is 35.5. The van der Waals surface area contributed by atoms with Gasteiger partial charge >= 0.3 is 0 Å². The zero-order valence-electron chi connectivity index (χ0n) is 9.90. The summed E-state index contributed by atoms with van der Waals surface area (Å²) in [7, 11) is -3.78. The minimum Gasteiger partial charge on any atom is -0.392 e. The summed E-state index contributed by atoms with van der Waals surface area (Å²) in [5.74, 6) is 0. The van der Waals surface area contributed by atoms with Crippen molar-refractivity contribution in [3.05, 3.63) is 60.2 Å². The molecule has 0 bridgehead atoms. The highest BCUT2D eigenvalue weighted by Crippen LogP contribution is 2.25. The average molecular weight is 298 g/mol. The van der Waals surface area contributed by atoms with Crippen molar-refractivity contribution in [1.82, 2.24) is 0 Å². The van der Waals surface area contributed by atoms with Crippen LogP contribution in [0.15, 0.2) is 59.5 Å². The van der Waals surface area contributed by atoms with E-state index in [0.29, 0.717) is 15.1 Å². The molecule has 6 heteroatoms. The number of aliphatic hydroxyl groups excluding tert-OH is 1. The number of nitrogens with zero attached hydrogens (tertiary/aromatic N) is 1. The maximum atomic E-state index is 12.2. The zero-order valence-corrected chi connectivity index (χ0v) is 11.5. The first kappa shape index (κ1) is 13.9. The highest BCUT2D eigenvalue weighted by Gasteiger charge is 2.23. The van der Waals surface area contributed by atoms with Gasteiger partial charge in [0, 0.05) is 11.8 Å². The fourth-order valence-electron chi connectivity index (χ4n) is 1.54. The summed E-state index contributed by atoms with van der Waals surface area (Å²) in [6.45, 7) is -0.103. The minimum atomic E-state index is -3.78. The molecule has 1 N–H and O–H groups in total. The Kier molecular flexibility index (Phi) is 4.09. The van der Waals surface area contributed by atoms with Crippen LogP contribution in [0.4, 0.5) is 5.69 Å². The molecule has 0 atom stereocenters. The lowest BCUT2D eigenvalue weighted by Gasteiger charge is -2.16. The Morgan fingerprint density at radius 2 is 1.58 bits per heavy atom. The number of hydrogen-bond donors (Lipinski definition) is 1. The van der Waals surface area contributed by atoms with Gasteiger partial charge in [0.15, 0.2) is 0 Å². The maximum Gasteiger partial charge on any atom is 0.278 e. The number of anilines is 1. The third-order valence-electron chi connectivity index (χ3n) is 2.57. The molecule has 0 saturated heterocycles. The van der Waals surface area contributed by atoms with E-state index in [-0.39, 0.29) is 11.5 Å². The summed E-state index contributed by atoms with van der Waals surface area (Å²) >= 11 is 5.91. The fraction of sp³-hybridized carbons (Fsp3) is 0.0769. The zero-order chi connectivity index (χ0) is 13.9. The smallest absolute Gasteiger partial charge is 0.278 e. The van der Waals surface area contributed by atoms with Gasteiger partial charge in [0.05, 0.1) is 17.2 Å². The Balaban J connectivity index is 2.35. The Hall–Kier alpha value is -1.56. The van der Waals surface area contributed by atoms with Crippen LogP contribution in [0.25, 0.3) is 0 Å². The van der Waals surface area contributed by atoms with Gasteiger partial charge in [-0.3, -0.25) is 0 Å². The van der Waals surface area contributed by atoms with Crippen LogP contribution in [-0.2, 0) is 16.6 Å². The van der Waals surface area contributed by atoms with Gasteiger partial charge in [-0.1, -0.05) is 30.3 Å². The molecule has 0 aromatic heterocycles. The summed E-state index contributed by atoms with van der Waals surface area (Å²) in [5, 5.41) is 8.94. The van der Waals surface area contributed by atoms with E-state index < -0.39 is 10.0 Å². The number of benzene rings is 2. The molecule has 0 aliphatic rings. The van der Waals surface area contributed by atoms with Crippen LogP contribution in [0.2, 0.25) is 0 Å². The van der Waals surface area contributed by atoms with E-state index >= 15 is 0 Å². The Bertz CT molecular complexity index is 641. The lowest BCUT2D eigenvalue weighted by Crippen LogP contribution is -2.21. The van der Waals surface area contributed by atoms with E-state index in [0.717, 1.165) is 0 Å². The van der Waals surface area contributed by atoms with Gasteiger partial charge in [-0.05, 0) is 29.8 Å². The predicted octanol–water partition coefficient (Wildman–Crippen LogP) is 2.53. The van der Waals surface area contributed by atoms with Gasteiger partial charge in [0.25, 0.3) is 10.0 Å². The summed E-state index contributed by atoms with van der Waals surface area (Å²) < 4.78 is 25.2. The summed E-state index contributed by atoms with van der Waals surface area (Å²) in [4.78, 5) is 0.122. The summed E-state index contributed by atoms with van der Waals surface area (Å²) in [5.41, 5.74) is 1.01. The molecule has 2 rings (SSSR count). The molecule has 2 aromatic rings. The molecule has 0 saturated carbocycles. The van der Waals surface area contributed by atoms with Gasteiger partial charge in [-0.25, -0.2) is 0 Å². The minimum absolute atomic E-state index is 0.103. The fourth-order valence-corrected chi connectivity index (χ4v) is 2.98. The summed E-state index contributed by atoms with van der Waals surface area (Å²) in [6, 6.07) is 14.3. The van der Waals surface area contributed by atoms with Gasteiger partial charge in [0.2, 0.25) is 0 Å². The molecule has 0 radical (unpaired) electrons. The molecular formula is C13H12ClNO3S. The standard InChI is InChI=1S/C13H12ClNO3S/c14-15(12-8-6-11(10-16)7-9-12)19(17,18)13-4-2-1-3-5-13/h1-9,16H,10H2. The van der Waals surface area contributed by atoms with Gasteiger partial charge in [0.1, 0.15) is 0 Å². The molecule has 0 unspecified atom stereocenters. The van der Waals surface area contributed by atoms with Gasteiger partial charge in [-0.15, -0.1) is 0 Å². The van der Waals surface area contributed by atoms with Crippen LogP contribution in [0.3, 0.4) is 0 Å². The summed E-state index contributed by atoms with van der Waals surface area (Å²) in [6.07, 6.45) is 0. The van der Waals surface area contributed by atoms with E-state index in [2.05, 4.69) is 0 Å². The molecule has 0 amide bonds. The normalized spacial score (nSPS) is 11.3. The number of aliphatic hydroxyl groups is 1. The van der Waals surface area contributed by atoms with Crippen LogP contribution >= 0.6 is 11.8 Å². The maximum absolute atomic E-state index is 12.2. The lowest BCUT2D eigenvalue weighted by molar-refractivity contribution is 0.282. The van der Waals surface area contributed by atoms with Crippen molar-refractivity contribution in [2.24, 2.45) is 0 Å². The lowest BCUT2D eigenvalue weighted by atomic mass is 10.2. The average Bonchev–Trinajstić information content (AvgIpc) is 2.47. The SMILES string of the molecule is O=S(=O)(c1ccccc1)N(Cl)c1ccc(CO)cc1. The molecule has 0 aliphatic carbocycles.